The summed E-state index contributed by atoms with van der Waals surface area (Å²) < 4.78 is 42.8. The molecule has 2 heterocycles. The van der Waals surface area contributed by atoms with Gasteiger partial charge in [0.2, 0.25) is 15.7 Å². The van der Waals surface area contributed by atoms with E-state index < -0.39 is 9.84 Å². The Morgan fingerprint density at radius 3 is 2.47 bits per heavy atom. The van der Waals surface area contributed by atoms with Crippen LogP contribution in [-0.4, -0.2) is 35.2 Å². The van der Waals surface area contributed by atoms with E-state index in [-0.39, 0.29) is 28.0 Å². The second-order valence-corrected chi connectivity index (χ2v) is 10.00. The highest BCUT2D eigenvalue weighted by molar-refractivity contribution is 7.91. The van der Waals surface area contributed by atoms with Gasteiger partial charge in [-0.1, -0.05) is 6.07 Å². The van der Waals surface area contributed by atoms with E-state index in [2.05, 4.69) is 5.32 Å². The van der Waals surface area contributed by atoms with Gasteiger partial charge in [-0.2, -0.15) is 0 Å². The van der Waals surface area contributed by atoms with Crippen molar-refractivity contribution in [3.8, 4) is 17.2 Å². The molecule has 0 saturated heterocycles. The Morgan fingerprint density at radius 1 is 1.06 bits per heavy atom. The lowest BCUT2D eigenvalue weighted by atomic mass is 9.90. The minimum absolute atomic E-state index is 0.0959. The van der Waals surface area contributed by atoms with Gasteiger partial charge in [-0.3, -0.25) is 4.79 Å². The lowest BCUT2D eigenvalue weighted by Crippen LogP contribution is -2.23. The van der Waals surface area contributed by atoms with Crippen molar-refractivity contribution in [1.29, 1.82) is 0 Å². The molecular weight excluding hydrogens is 450 g/mol. The molecule has 0 spiro atoms. The second kappa shape index (κ2) is 8.84. The molecule has 0 unspecified atom stereocenters. The van der Waals surface area contributed by atoms with Crippen LogP contribution in [0.25, 0.3) is 0 Å². The average Bonchev–Trinajstić information content (AvgIpc) is 3.23. The van der Waals surface area contributed by atoms with Gasteiger partial charge in [0.1, 0.15) is 10.6 Å². The van der Waals surface area contributed by atoms with E-state index in [1.807, 2.05) is 25.1 Å². The molecule has 0 bridgehead atoms. The summed E-state index contributed by atoms with van der Waals surface area (Å²) in [6.07, 6.45) is 0.215. The third-order valence-electron chi connectivity index (χ3n) is 5.31. The molecule has 0 radical (unpaired) electrons. The molecule has 1 aromatic heterocycles. The molecule has 1 aliphatic rings. The number of methoxy groups -OCH3 is 2. The number of amides is 1. The van der Waals surface area contributed by atoms with Crippen molar-refractivity contribution in [2.45, 2.75) is 29.1 Å². The summed E-state index contributed by atoms with van der Waals surface area (Å²) >= 11 is 1.32. The Hall–Kier alpha value is -3.04. The molecule has 0 aliphatic carbocycles. The van der Waals surface area contributed by atoms with Crippen LogP contribution in [-0.2, 0) is 14.6 Å². The second-order valence-electron chi connectivity index (χ2n) is 7.17. The maximum Gasteiger partial charge on any atom is 0.225 e. The first kappa shape index (κ1) is 22.2. The van der Waals surface area contributed by atoms with E-state index in [9.17, 15) is 13.2 Å². The zero-order valence-electron chi connectivity index (χ0n) is 17.9. The summed E-state index contributed by atoms with van der Waals surface area (Å²) in [6, 6.07) is 11.7. The van der Waals surface area contributed by atoms with Crippen LogP contribution in [0.15, 0.2) is 57.6 Å². The predicted octanol–water partition coefficient (Wildman–Crippen LogP) is 4.47. The lowest BCUT2D eigenvalue weighted by Gasteiger charge is -2.24. The number of anilines is 1. The molecule has 3 aromatic rings. The van der Waals surface area contributed by atoms with Crippen LogP contribution in [0.3, 0.4) is 0 Å². The number of rotatable bonds is 7. The Kier molecular flexibility index (Phi) is 6.12. The molecule has 168 valence electrons. The van der Waals surface area contributed by atoms with Gasteiger partial charge in [0.15, 0.2) is 11.5 Å². The molecule has 4 rings (SSSR count). The minimum atomic E-state index is -3.82. The van der Waals surface area contributed by atoms with Gasteiger partial charge in [0.05, 0.1) is 31.4 Å². The van der Waals surface area contributed by atoms with Crippen molar-refractivity contribution < 1.29 is 27.4 Å². The molecular formula is C23H23NO6S2. The largest absolute Gasteiger partial charge is 0.497 e. The summed E-state index contributed by atoms with van der Waals surface area (Å²) in [5.41, 5.74) is 1.21. The van der Waals surface area contributed by atoms with Crippen molar-refractivity contribution in [1.82, 2.24) is 0 Å². The number of hydrogen-bond acceptors (Lipinski definition) is 7. The smallest absolute Gasteiger partial charge is 0.225 e. The molecule has 2 aromatic carbocycles. The number of hydrogen-bond donors (Lipinski definition) is 1. The molecule has 1 N–H and O–H groups in total. The molecule has 32 heavy (non-hydrogen) atoms. The molecule has 7 nitrogen and oxygen atoms in total. The van der Waals surface area contributed by atoms with Crippen molar-refractivity contribution in [3.05, 3.63) is 58.3 Å². The SMILES string of the molecule is CCOc1ccc([C@@H]2CC(=O)Nc3c(S(=O)(=O)c4ccc(OC)cc4)csc32)cc1OC. The number of carbonyl (C=O) groups excluding carboxylic acids is 1. The van der Waals surface area contributed by atoms with Gasteiger partial charge in [-0.05, 0) is 48.9 Å². The number of sulfone groups is 1. The predicted molar refractivity (Wildman–Crippen MR) is 122 cm³/mol. The number of nitrogens with one attached hydrogen (secondary N) is 1. The Labute approximate surface area is 190 Å². The zero-order valence-corrected chi connectivity index (χ0v) is 19.5. The molecule has 1 aliphatic heterocycles. The quantitative estimate of drug-likeness (QED) is 0.544. The van der Waals surface area contributed by atoms with Crippen LogP contribution >= 0.6 is 11.3 Å². The first-order valence-corrected chi connectivity index (χ1v) is 12.4. The highest BCUT2D eigenvalue weighted by Crippen LogP contribution is 2.47. The molecule has 9 heteroatoms. The summed E-state index contributed by atoms with van der Waals surface area (Å²) in [7, 11) is -0.744. The van der Waals surface area contributed by atoms with Crippen LogP contribution in [0.1, 0.15) is 29.7 Å². The number of thiophene rings is 1. The van der Waals surface area contributed by atoms with Crippen LogP contribution in [0.2, 0.25) is 0 Å². The van der Waals surface area contributed by atoms with Gasteiger partial charge in [-0.15, -0.1) is 11.3 Å². The van der Waals surface area contributed by atoms with E-state index in [4.69, 9.17) is 14.2 Å². The fraction of sp³-hybridized carbons (Fsp3) is 0.261. The van der Waals surface area contributed by atoms with E-state index in [1.54, 1.807) is 24.6 Å². The summed E-state index contributed by atoms with van der Waals surface area (Å²) in [6.45, 7) is 2.39. The first-order chi connectivity index (χ1) is 15.4. The van der Waals surface area contributed by atoms with E-state index in [0.29, 0.717) is 29.5 Å². The van der Waals surface area contributed by atoms with E-state index in [1.165, 1.54) is 30.6 Å². The first-order valence-electron chi connectivity index (χ1n) is 10.00. The molecule has 1 atom stereocenters. The topological polar surface area (TPSA) is 90.9 Å². The highest BCUT2D eigenvalue weighted by Gasteiger charge is 2.34. The Morgan fingerprint density at radius 2 is 1.81 bits per heavy atom. The highest BCUT2D eigenvalue weighted by atomic mass is 32.2. The summed E-state index contributed by atoms with van der Waals surface area (Å²) in [4.78, 5) is 13.6. The van der Waals surface area contributed by atoms with Crippen LogP contribution < -0.4 is 19.5 Å². The van der Waals surface area contributed by atoms with Crippen molar-refractivity contribution in [2.75, 3.05) is 26.1 Å². The monoisotopic (exact) mass is 473 g/mol. The standard InChI is InChI=1S/C23H23NO6S2/c1-4-30-18-10-5-14(11-19(18)29-3)17-12-21(25)24-22-20(13-31-23(17)22)32(26,27)16-8-6-15(28-2)7-9-16/h5-11,13,17H,4,12H2,1-3H3,(H,24,25)/t17-/m0/s1. The van der Waals surface area contributed by atoms with Crippen molar-refractivity contribution in [3.63, 3.8) is 0 Å². The lowest BCUT2D eigenvalue weighted by molar-refractivity contribution is -0.116. The maximum absolute atomic E-state index is 13.3. The van der Waals surface area contributed by atoms with Gasteiger partial charge >= 0.3 is 0 Å². The fourth-order valence-corrected chi connectivity index (χ4v) is 6.64. The van der Waals surface area contributed by atoms with Gasteiger partial charge in [0, 0.05) is 22.6 Å². The number of benzene rings is 2. The maximum atomic E-state index is 13.3. The number of ether oxygens (including phenoxy) is 3. The van der Waals surface area contributed by atoms with Crippen LogP contribution in [0, 0.1) is 0 Å². The van der Waals surface area contributed by atoms with Crippen LogP contribution in [0.5, 0.6) is 17.2 Å². The van der Waals surface area contributed by atoms with Crippen molar-refractivity contribution in [2.24, 2.45) is 0 Å². The summed E-state index contributed by atoms with van der Waals surface area (Å²) in [5, 5.41) is 4.37. The molecule has 0 fully saturated rings. The summed E-state index contributed by atoms with van der Waals surface area (Å²) in [5.74, 6) is 1.23. The molecule has 0 saturated carbocycles. The van der Waals surface area contributed by atoms with E-state index >= 15 is 0 Å². The Bertz CT molecular complexity index is 1250. The van der Waals surface area contributed by atoms with Crippen LogP contribution in [0.4, 0.5) is 5.69 Å². The average molecular weight is 474 g/mol. The zero-order chi connectivity index (χ0) is 22.9. The van der Waals surface area contributed by atoms with E-state index in [0.717, 1.165) is 10.4 Å². The minimum Gasteiger partial charge on any atom is -0.497 e. The normalized spacial score (nSPS) is 15.6. The van der Waals surface area contributed by atoms with Crippen molar-refractivity contribution >= 4 is 32.8 Å². The third kappa shape index (κ3) is 3.93. The molecule has 1 amide bonds. The number of fused-ring (bicyclic) bond motifs is 1. The van der Waals surface area contributed by atoms with Gasteiger partial charge in [0.25, 0.3) is 0 Å². The fourth-order valence-electron chi connectivity index (χ4n) is 3.73. The Balaban J connectivity index is 1.76. The number of carbonyl (C=O) groups is 1. The van der Waals surface area contributed by atoms with Gasteiger partial charge < -0.3 is 19.5 Å². The van der Waals surface area contributed by atoms with Gasteiger partial charge in [-0.25, -0.2) is 8.42 Å². The third-order valence-corrected chi connectivity index (χ3v) is 8.34.